The molecular formula is C8H16N2O3S. The van der Waals surface area contributed by atoms with Crippen molar-refractivity contribution in [3.63, 3.8) is 0 Å². The van der Waals surface area contributed by atoms with Gasteiger partial charge in [-0.2, -0.15) is 0 Å². The van der Waals surface area contributed by atoms with Crippen molar-refractivity contribution in [1.82, 2.24) is 4.90 Å². The van der Waals surface area contributed by atoms with Gasteiger partial charge in [0, 0.05) is 20.0 Å². The van der Waals surface area contributed by atoms with Crippen molar-refractivity contribution in [1.29, 1.82) is 0 Å². The monoisotopic (exact) mass is 220 g/mol. The maximum Gasteiger partial charge on any atom is 0.219 e. The smallest absolute Gasteiger partial charge is 0.219 e. The van der Waals surface area contributed by atoms with Crippen LogP contribution in [0.15, 0.2) is 0 Å². The van der Waals surface area contributed by atoms with E-state index in [1.807, 2.05) is 0 Å². The van der Waals surface area contributed by atoms with Crippen molar-refractivity contribution < 1.29 is 13.2 Å². The van der Waals surface area contributed by atoms with E-state index < -0.39 is 15.1 Å². The van der Waals surface area contributed by atoms with Gasteiger partial charge in [0.2, 0.25) is 5.91 Å². The molecule has 6 heteroatoms. The molecule has 5 nitrogen and oxygen atoms in total. The molecule has 14 heavy (non-hydrogen) atoms. The van der Waals surface area contributed by atoms with E-state index in [1.165, 1.54) is 6.92 Å². The molecule has 1 saturated heterocycles. The second-order valence-corrected chi connectivity index (χ2v) is 5.93. The lowest BCUT2D eigenvalue weighted by Gasteiger charge is -2.31. The Morgan fingerprint density at radius 3 is 2.71 bits per heavy atom. The third kappa shape index (κ3) is 2.45. The van der Waals surface area contributed by atoms with Crippen LogP contribution in [0, 0.1) is 0 Å². The number of nitrogens with zero attached hydrogens (tertiary/aromatic N) is 1. The van der Waals surface area contributed by atoms with E-state index >= 15 is 0 Å². The van der Waals surface area contributed by atoms with Gasteiger partial charge in [0.25, 0.3) is 0 Å². The Labute approximate surface area is 84.2 Å². The molecule has 0 radical (unpaired) electrons. The van der Waals surface area contributed by atoms with Crippen LogP contribution in [-0.4, -0.2) is 49.9 Å². The molecule has 0 bridgehead atoms. The van der Waals surface area contributed by atoms with Crippen LogP contribution in [0.25, 0.3) is 0 Å². The first kappa shape index (κ1) is 11.5. The van der Waals surface area contributed by atoms with Crippen LogP contribution in [0.1, 0.15) is 13.3 Å². The summed E-state index contributed by atoms with van der Waals surface area (Å²) < 4.78 is 23.1. The summed E-state index contributed by atoms with van der Waals surface area (Å²) in [6, 6.07) is 0. The summed E-state index contributed by atoms with van der Waals surface area (Å²) in [5.74, 6) is -0.000952. The fourth-order valence-electron chi connectivity index (χ4n) is 1.60. The van der Waals surface area contributed by atoms with E-state index in [4.69, 9.17) is 5.73 Å². The summed E-state index contributed by atoms with van der Waals surface area (Å²) in [6.07, 6.45) is 0.437. The second kappa shape index (κ2) is 4.27. The van der Waals surface area contributed by atoms with Crippen molar-refractivity contribution in [2.24, 2.45) is 5.73 Å². The Kier molecular flexibility index (Phi) is 3.49. The highest BCUT2D eigenvalue weighted by Crippen LogP contribution is 2.15. The maximum absolute atomic E-state index is 11.5. The van der Waals surface area contributed by atoms with E-state index in [1.54, 1.807) is 4.90 Å². The number of carbonyl (C=O) groups is 1. The van der Waals surface area contributed by atoms with Gasteiger partial charge in [-0.05, 0) is 13.0 Å². The van der Waals surface area contributed by atoms with E-state index in [-0.39, 0.29) is 11.7 Å². The van der Waals surface area contributed by atoms with Crippen LogP contribution in [0.5, 0.6) is 0 Å². The van der Waals surface area contributed by atoms with Gasteiger partial charge in [0.15, 0.2) is 9.84 Å². The molecular weight excluding hydrogens is 204 g/mol. The summed E-state index contributed by atoms with van der Waals surface area (Å²) >= 11 is 0. The highest BCUT2D eigenvalue weighted by atomic mass is 32.2. The molecule has 2 N–H and O–H groups in total. The number of amides is 1. The number of rotatable bonds is 2. The largest absolute Gasteiger partial charge is 0.341 e. The van der Waals surface area contributed by atoms with Gasteiger partial charge in [-0.3, -0.25) is 4.79 Å². The first-order valence-electron chi connectivity index (χ1n) is 4.64. The molecule has 0 aromatic rings. The lowest BCUT2D eigenvalue weighted by atomic mass is 10.2. The van der Waals surface area contributed by atoms with Crippen molar-refractivity contribution in [2.75, 3.05) is 25.4 Å². The van der Waals surface area contributed by atoms with Gasteiger partial charge in [0.1, 0.15) is 0 Å². The summed E-state index contributed by atoms with van der Waals surface area (Å²) in [4.78, 5) is 12.6. The zero-order chi connectivity index (χ0) is 10.8. The normalized spacial score (nSPS) is 26.1. The quantitative estimate of drug-likeness (QED) is 0.646. The molecule has 1 unspecified atom stereocenters. The Bertz CT molecular complexity index is 313. The van der Waals surface area contributed by atoms with Crippen LogP contribution in [-0.2, 0) is 14.6 Å². The van der Waals surface area contributed by atoms with Crippen molar-refractivity contribution >= 4 is 15.7 Å². The van der Waals surface area contributed by atoms with E-state index in [0.29, 0.717) is 26.1 Å². The molecule has 1 atom stereocenters. The summed E-state index contributed by atoms with van der Waals surface area (Å²) in [5, 5.41) is -0.467. The molecule has 1 rings (SSSR count). The van der Waals surface area contributed by atoms with Gasteiger partial charge in [-0.15, -0.1) is 0 Å². The predicted molar refractivity (Wildman–Crippen MR) is 53.5 cm³/mol. The Hall–Kier alpha value is -0.620. The minimum absolute atomic E-state index is 0.0667. The van der Waals surface area contributed by atoms with Crippen molar-refractivity contribution in [3.05, 3.63) is 0 Å². The fraction of sp³-hybridized carbons (Fsp3) is 0.875. The third-order valence-corrected chi connectivity index (χ3v) is 4.66. The molecule has 0 aromatic heterocycles. The molecule has 1 fully saturated rings. The minimum Gasteiger partial charge on any atom is -0.341 e. The second-order valence-electron chi connectivity index (χ2n) is 3.53. The van der Waals surface area contributed by atoms with Gasteiger partial charge >= 0.3 is 0 Å². The number of hydrogen-bond donors (Lipinski definition) is 1. The lowest BCUT2D eigenvalue weighted by molar-refractivity contribution is -0.128. The van der Waals surface area contributed by atoms with Crippen LogP contribution < -0.4 is 5.73 Å². The fourth-order valence-corrected chi connectivity index (χ4v) is 3.31. The lowest BCUT2D eigenvalue weighted by Crippen LogP contribution is -2.49. The summed E-state index contributed by atoms with van der Waals surface area (Å²) in [7, 11) is -3.03. The summed E-state index contributed by atoms with van der Waals surface area (Å²) in [6.45, 7) is 2.42. The molecule has 1 amide bonds. The molecule has 1 aliphatic rings. The van der Waals surface area contributed by atoms with Crippen LogP contribution in [0.3, 0.4) is 0 Å². The minimum atomic E-state index is -3.03. The van der Waals surface area contributed by atoms with Crippen LogP contribution in [0.4, 0.5) is 0 Å². The SMILES string of the molecule is CC(=O)N1CCS(=O)(=O)C(CCN)C1. The topological polar surface area (TPSA) is 80.5 Å². The van der Waals surface area contributed by atoms with E-state index in [0.717, 1.165) is 0 Å². The van der Waals surface area contributed by atoms with Gasteiger partial charge in [-0.1, -0.05) is 0 Å². The molecule has 1 aliphatic heterocycles. The van der Waals surface area contributed by atoms with Gasteiger partial charge < -0.3 is 10.6 Å². The number of sulfone groups is 1. The van der Waals surface area contributed by atoms with Crippen molar-refractivity contribution in [2.45, 2.75) is 18.6 Å². The van der Waals surface area contributed by atoms with Crippen LogP contribution >= 0.6 is 0 Å². The molecule has 0 spiro atoms. The van der Waals surface area contributed by atoms with E-state index in [9.17, 15) is 13.2 Å². The average molecular weight is 220 g/mol. The molecule has 0 aliphatic carbocycles. The van der Waals surface area contributed by atoms with Crippen molar-refractivity contribution in [3.8, 4) is 0 Å². The van der Waals surface area contributed by atoms with Gasteiger partial charge in [-0.25, -0.2) is 8.42 Å². The van der Waals surface area contributed by atoms with E-state index in [2.05, 4.69) is 0 Å². The predicted octanol–water partition coefficient (Wildman–Crippen LogP) is -1.02. The molecule has 1 heterocycles. The standard InChI is InChI=1S/C8H16N2O3S/c1-7(11)10-4-5-14(12,13)8(6-10)2-3-9/h8H,2-6,9H2,1H3. The highest BCUT2D eigenvalue weighted by molar-refractivity contribution is 7.92. The number of nitrogens with two attached hydrogens (primary N) is 1. The Morgan fingerprint density at radius 1 is 1.57 bits per heavy atom. The Balaban J connectivity index is 2.72. The van der Waals surface area contributed by atoms with Gasteiger partial charge in [0.05, 0.1) is 11.0 Å². The number of hydrogen-bond acceptors (Lipinski definition) is 4. The average Bonchev–Trinajstić information content (AvgIpc) is 2.08. The zero-order valence-corrected chi connectivity index (χ0v) is 9.09. The highest BCUT2D eigenvalue weighted by Gasteiger charge is 2.32. The number of carbonyl (C=O) groups excluding carboxylic acids is 1. The molecule has 0 aromatic carbocycles. The maximum atomic E-state index is 11.5. The Morgan fingerprint density at radius 2 is 2.21 bits per heavy atom. The molecule has 82 valence electrons. The first-order chi connectivity index (χ1) is 6.47. The first-order valence-corrected chi connectivity index (χ1v) is 6.36. The zero-order valence-electron chi connectivity index (χ0n) is 8.27. The third-order valence-electron chi connectivity index (χ3n) is 2.51. The molecule has 0 saturated carbocycles. The summed E-state index contributed by atoms with van der Waals surface area (Å²) in [5.41, 5.74) is 5.33. The van der Waals surface area contributed by atoms with Crippen LogP contribution in [0.2, 0.25) is 0 Å².